The normalized spacial score (nSPS) is 11.8. The molecular formula is C15H14Cl2N2O2S. The Morgan fingerprint density at radius 1 is 1.05 bits per heavy atom. The van der Waals surface area contributed by atoms with Crippen LogP contribution in [0.3, 0.4) is 0 Å². The third-order valence-corrected chi connectivity index (χ3v) is 4.91. The molecule has 2 aromatic carbocycles. The van der Waals surface area contributed by atoms with Crippen LogP contribution in [0, 0.1) is 13.8 Å². The molecule has 2 aromatic rings. The van der Waals surface area contributed by atoms with Gasteiger partial charge in [-0.2, -0.15) is 13.5 Å². The molecule has 0 bridgehead atoms. The van der Waals surface area contributed by atoms with E-state index in [1.54, 1.807) is 30.3 Å². The molecule has 0 unspecified atom stereocenters. The van der Waals surface area contributed by atoms with Gasteiger partial charge in [0, 0.05) is 10.6 Å². The molecule has 0 saturated heterocycles. The van der Waals surface area contributed by atoms with Gasteiger partial charge in [0.05, 0.1) is 16.1 Å². The lowest BCUT2D eigenvalue weighted by Crippen LogP contribution is -2.18. The quantitative estimate of drug-likeness (QED) is 0.666. The lowest BCUT2D eigenvalue weighted by Gasteiger charge is -2.06. The third kappa shape index (κ3) is 4.00. The fraction of sp³-hybridized carbons (Fsp3) is 0.133. The molecule has 0 atom stereocenters. The zero-order chi connectivity index (χ0) is 16.3. The van der Waals surface area contributed by atoms with E-state index in [2.05, 4.69) is 9.93 Å². The average molecular weight is 357 g/mol. The van der Waals surface area contributed by atoms with Crippen LogP contribution in [0.1, 0.15) is 16.7 Å². The number of benzene rings is 2. The summed E-state index contributed by atoms with van der Waals surface area (Å²) in [7, 11) is -3.71. The van der Waals surface area contributed by atoms with E-state index >= 15 is 0 Å². The summed E-state index contributed by atoms with van der Waals surface area (Å²) in [5, 5.41) is 4.63. The van der Waals surface area contributed by atoms with Crippen molar-refractivity contribution in [3.8, 4) is 0 Å². The van der Waals surface area contributed by atoms with E-state index in [1.807, 2.05) is 13.8 Å². The molecule has 0 heterocycles. The summed E-state index contributed by atoms with van der Waals surface area (Å²) in [6.07, 6.45) is 1.33. The van der Waals surface area contributed by atoms with Gasteiger partial charge >= 0.3 is 0 Å². The average Bonchev–Trinajstić information content (AvgIpc) is 2.44. The molecule has 0 saturated carbocycles. The second-order valence-electron chi connectivity index (χ2n) is 4.76. The van der Waals surface area contributed by atoms with Crippen molar-refractivity contribution in [2.75, 3.05) is 0 Å². The van der Waals surface area contributed by atoms with Crippen LogP contribution in [0.4, 0.5) is 0 Å². The Kier molecular flexibility index (Phi) is 5.11. The number of sulfonamides is 1. The first kappa shape index (κ1) is 16.8. The molecule has 0 amide bonds. The van der Waals surface area contributed by atoms with E-state index < -0.39 is 10.0 Å². The van der Waals surface area contributed by atoms with Gasteiger partial charge in [-0.05, 0) is 49.2 Å². The summed E-state index contributed by atoms with van der Waals surface area (Å²) in [6.45, 7) is 3.77. The van der Waals surface area contributed by atoms with Crippen molar-refractivity contribution in [3.63, 3.8) is 0 Å². The highest BCUT2D eigenvalue weighted by molar-refractivity contribution is 7.89. The van der Waals surface area contributed by atoms with Gasteiger partial charge in [0.25, 0.3) is 10.0 Å². The first-order valence-corrected chi connectivity index (χ1v) is 8.61. The maximum Gasteiger partial charge on any atom is 0.276 e. The molecule has 0 aromatic heterocycles. The van der Waals surface area contributed by atoms with Gasteiger partial charge in [-0.25, -0.2) is 4.83 Å². The Bertz CT molecular complexity index is 833. The topological polar surface area (TPSA) is 58.5 Å². The van der Waals surface area contributed by atoms with Crippen LogP contribution >= 0.6 is 23.2 Å². The first-order valence-electron chi connectivity index (χ1n) is 6.37. The highest BCUT2D eigenvalue weighted by Crippen LogP contribution is 2.19. The number of rotatable bonds is 4. The van der Waals surface area contributed by atoms with Crippen LogP contribution in [0.2, 0.25) is 10.0 Å². The number of nitrogens with zero attached hydrogens (tertiary/aromatic N) is 1. The standard InChI is InChI=1S/C15H14Cl2N2O2S/c1-10-3-6-14(7-11(10)2)22(20,21)19-18-9-12-4-5-13(16)8-15(12)17/h3-9,19H,1-2H3/b18-9+. The number of hydrogen-bond acceptors (Lipinski definition) is 3. The van der Waals surface area contributed by atoms with Crippen molar-refractivity contribution < 1.29 is 8.42 Å². The van der Waals surface area contributed by atoms with Gasteiger partial charge in [0.15, 0.2) is 0 Å². The molecule has 2 rings (SSSR count). The summed E-state index contributed by atoms with van der Waals surface area (Å²) in [4.78, 5) is 2.32. The Morgan fingerprint density at radius 2 is 1.77 bits per heavy atom. The van der Waals surface area contributed by atoms with Crippen molar-refractivity contribution >= 4 is 39.4 Å². The van der Waals surface area contributed by atoms with Crippen molar-refractivity contribution in [1.82, 2.24) is 4.83 Å². The summed E-state index contributed by atoms with van der Waals surface area (Å²) in [6, 6.07) is 9.75. The molecule has 0 aliphatic rings. The number of hydrogen-bond donors (Lipinski definition) is 1. The highest BCUT2D eigenvalue weighted by Gasteiger charge is 2.13. The van der Waals surface area contributed by atoms with E-state index in [4.69, 9.17) is 23.2 Å². The van der Waals surface area contributed by atoms with Crippen LogP contribution in [-0.4, -0.2) is 14.6 Å². The molecule has 0 radical (unpaired) electrons. The SMILES string of the molecule is Cc1ccc(S(=O)(=O)N/N=C/c2ccc(Cl)cc2Cl)cc1C. The third-order valence-electron chi connectivity index (χ3n) is 3.13. The van der Waals surface area contributed by atoms with Gasteiger partial charge in [0.2, 0.25) is 0 Å². The summed E-state index contributed by atoms with van der Waals surface area (Å²) < 4.78 is 24.3. The largest absolute Gasteiger partial charge is 0.276 e. The Hall–Kier alpha value is -1.56. The second-order valence-corrected chi connectivity index (χ2v) is 7.27. The maximum absolute atomic E-state index is 12.1. The lowest BCUT2D eigenvalue weighted by atomic mass is 10.1. The van der Waals surface area contributed by atoms with Gasteiger partial charge in [-0.15, -0.1) is 0 Å². The highest BCUT2D eigenvalue weighted by atomic mass is 35.5. The first-order chi connectivity index (χ1) is 10.3. The zero-order valence-corrected chi connectivity index (χ0v) is 14.3. The predicted molar refractivity (Wildman–Crippen MR) is 90.3 cm³/mol. The second kappa shape index (κ2) is 6.69. The van der Waals surface area contributed by atoms with Gasteiger partial charge < -0.3 is 0 Å². The molecule has 7 heteroatoms. The monoisotopic (exact) mass is 356 g/mol. The predicted octanol–water partition coefficient (Wildman–Crippen LogP) is 3.92. The molecule has 0 aliphatic heterocycles. The van der Waals surface area contributed by atoms with E-state index in [1.165, 1.54) is 12.3 Å². The van der Waals surface area contributed by atoms with Crippen molar-refractivity contribution in [2.24, 2.45) is 5.10 Å². The molecule has 4 nitrogen and oxygen atoms in total. The summed E-state index contributed by atoms with van der Waals surface area (Å²) >= 11 is 11.8. The summed E-state index contributed by atoms with van der Waals surface area (Å²) in [5.74, 6) is 0. The van der Waals surface area contributed by atoms with Crippen molar-refractivity contribution in [1.29, 1.82) is 0 Å². The Morgan fingerprint density at radius 3 is 2.41 bits per heavy atom. The van der Waals surface area contributed by atoms with E-state index in [0.29, 0.717) is 15.6 Å². The Balaban J connectivity index is 2.18. The number of aryl methyl sites for hydroxylation is 2. The van der Waals surface area contributed by atoms with Crippen LogP contribution in [0.5, 0.6) is 0 Å². The molecule has 0 aliphatic carbocycles. The molecule has 0 spiro atoms. The van der Waals surface area contributed by atoms with Gasteiger partial charge in [-0.1, -0.05) is 35.3 Å². The molecule has 116 valence electrons. The van der Waals surface area contributed by atoms with Crippen molar-refractivity contribution in [3.05, 3.63) is 63.1 Å². The number of nitrogens with one attached hydrogen (secondary N) is 1. The Labute approximate surface area is 139 Å². The van der Waals surface area contributed by atoms with E-state index in [9.17, 15) is 8.42 Å². The molecule has 0 fully saturated rings. The zero-order valence-electron chi connectivity index (χ0n) is 12.0. The van der Waals surface area contributed by atoms with Crippen molar-refractivity contribution in [2.45, 2.75) is 18.7 Å². The fourth-order valence-corrected chi connectivity index (χ4v) is 3.04. The van der Waals surface area contributed by atoms with E-state index in [-0.39, 0.29) is 4.90 Å². The molecule has 22 heavy (non-hydrogen) atoms. The van der Waals surface area contributed by atoms with Crippen LogP contribution < -0.4 is 4.83 Å². The minimum Gasteiger partial charge on any atom is -0.200 e. The number of hydrazone groups is 1. The van der Waals surface area contributed by atoms with E-state index in [0.717, 1.165) is 11.1 Å². The van der Waals surface area contributed by atoms with Crippen LogP contribution in [0.25, 0.3) is 0 Å². The fourth-order valence-electron chi connectivity index (χ4n) is 1.71. The van der Waals surface area contributed by atoms with Gasteiger partial charge in [0.1, 0.15) is 0 Å². The smallest absolute Gasteiger partial charge is 0.200 e. The number of halogens is 2. The minimum absolute atomic E-state index is 0.162. The molecule has 1 N–H and O–H groups in total. The van der Waals surface area contributed by atoms with Gasteiger partial charge in [-0.3, -0.25) is 0 Å². The lowest BCUT2D eigenvalue weighted by molar-refractivity contribution is 0.584. The minimum atomic E-state index is -3.71. The molecular weight excluding hydrogens is 343 g/mol. The van der Waals surface area contributed by atoms with Crippen LogP contribution in [-0.2, 0) is 10.0 Å². The van der Waals surface area contributed by atoms with Crippen LogP contribution in [0.15, 0.2) is 46.4 Å². The summed E-state index contributed by atoms with van der Waals surface area (Å²) in [5.41, 5.74) is 2.48. The maximum atomic E-state index is 12.1.